The predicted molar refractivity (Wildman–Crippen MR) is 95.4 cm³/mol. The molecule has 0 bridgehead atoms. The molecule has 1 atom stereocenters. The molecule has 1 unspecified atom stereocenters. The van der Waals surface area contributed by atoms with Gasteiger partial charge in [-0.05, 0) is 50.7 Å². The Bertz CT molecular complexity index is 745. The lowest BCUT2D eigenvalue weighted by molar-refractivity contribution is 0.0696. The second-order valence-electron chi connectivity index (χ2n) is 5.97. The van der Waals surface area contributed by atoms with Crippen molar-refractivity contribution >= 4 is 17.7 Å². The zero-order valence-electron chi connectivity index (χ0n) is 13.9. The summed E-state index contributed by atoms with van der Waals surface area (Å²) in [6.07, 6.45) is 5.77. The largest absolute Gasteiger partial charge is 0.478 e. The van der Waals surface area contributed by atoms with Crippen LogP contribution in [0.4, 0.5) is 0 Å². The standard InChI is InChI=1S/C18H21N3O2S/c1-12(21-8-3-4-9-21)13-6-5-7-14(10-13)16-15(17(22)23)11-19-18(20-16)24-2/h5-7,10-12H,3-4,8-9H2,1-2H3,(H,22,23). The van der Waals surface area contributed by atoms with Gasteiger partial charge in [-0.15, -0.1) is 0 Å². The zero-order chi connectivity index (χ0) is 17.1. The monoisotopic (exact) mass is 343 g/mol. The molecule has 1 aliphatic rings. The fourth-order valence-electron chi connectivity index (χ4n) is 3.13. The first-order valence-electron chi connectivity index (χ1n) is 8.09. The van der Waals surface area contributed by atoms with E-state index in [-0.39, 0.29) is 5.56 Å². The van der Waals surface area contributed by atoms with Gasteiger partial charge >= 0.3 is 5.97 Å². The number of thioether (sulfide) groups is 1. The van der Waals surface area contributed by atoms with Crippen LogP contribution in [0, 0.1) is 0 Å². The minimum atomic E-state index is -1.00. The topological polar surface area (TPSA) is 66.3 Å². The van der Waals surface area contributed by atoms with Crippen molar-refractivity contribution < 1.29 is 9.90 Å². The number of aromatic nitrogens is 2. The Morgan fingerprint density at radius 2 is 2.08 bits per heavy atom. The summed E-state index contributed by atoms with van der Waals surface area (Å²) in [5.74, 6) is -1.00. The summed E-state index contributed by atoms with van der Waals surface area (Å²) in [6.45, 7) is 4.45. The molecule has 0 spiro atoms. The normalized spacial score (nSPS) is 16.2. The van der Waals surface area contributed by atoms with Gasteiger partial charge in [0.25, 0.3) is 0 Å². The van der Waals surface area contributed by atoms with E-state index in [1.54, 1.807) is 0 Å². The summed E-state index contributed by atoms with van der Waals surface area (Å²) in [7, 11) is 0. The number of aromatic carboxylic acids is 1. The van der Waals surface area contributed by atoms with E-state index in [0.717, 1.165) is 18.7 Å². The van der Waals surface area contributed by atoms with Crippen LogP contribution in [-0.4, -0.2) is 45.3 Å². The Labute approximate surface area is 146 Å². The Morgan fingerprint density at radius 1 is 1.33 bits per heavy atom. The highest BCUT2D eigenvalue weighted by Crippen LogP contribution is 2.29. The van der Waals surface area contributed by atoms with Crippen molar-refractivity contribution in [2.75, 3.05) is 19.3 Å². The van der Waals surface area contributed by atoms with Crippen LogP contribution >= 0.6 is 11.8 Å². The summed E-state index contributed by atoms with van der Waals surface area (Å²) in [6, 6.07) is 8.37. The molecule has 0 saturated carbocycles. The highest BCUT2D eigenvalue weighted by molar-refractivity contribution is 7.98. The molecule has 1 saturated heterocycles. The first kappa shape index (κ1) is 16.9. The highest BCUT2D eigenvalue weighted by Gasteiger charge is 2.21. The van der Waals surface area contributed by atoms with E-state index in [9.17, 15) is 9.90 Å². The molecule has 1 fully saturated rings. The Balaban J connectivity index is 2.00. The van der Waals surface area contributed by atoms with Crippen LogP contribution in [-0.2, 0) is 0 Å². The van der Waals surface area contributed by atoms with E-state index >= 15 is 0 Å². The Kier molecular flexibility index (Phi) is 5.16. The molecule has 6 heteroatoms. The van der Waals surface area contributed by atoms with Gasteiger partial charge in [0, 0.05) is 17.8 Å². The van der Waals surface area contributed by atoms with Crippen LogP contribution in [0.2, 0.25) is 0 Å². The predicted octanol–water partition coefficient (Wildman–Crippen LogP) is 3.72. The molecule has 0 radical (unpaired) electrons. The molecule has 3 rings (SSSR count). The van der Waals surface area contributed by atoms with Crippen molar-refractivity contribution in [3.05, 3.63) is 41.6 Å². The first-order chi connectivity index (χ1) is 11.6. The molecule has 1 aliphatic heterocycles. The summed E-state index contributed by atoms with van der Waals surface area (Å²) < 4.78 is 0. The number of benzene rings is 1. The maximum absolute atomic E-state index is 11.5. The van der Waals surface area contributed by atoms with Crippen LogP contribution in [0.15, 0.2) is 35.6 Å². The van der Waals surface area contributed by atoms with Crippen LogP contribution in [0.1, 0.15) is 41.7 Å². The molecule has 0 amide bonds. The molecular formula is C18H21N3O2S. The molecule has 126 valence electrons. The molecule has 1 aromatic heterocycles. The van der Waals surface area contributed by atoms with Crippen molar-refractivity contribution in [3.63, 3.8) is 0 Å². The van der Waals surface area contributed by atoms with Crippen LogP contribution in [0.5, 0.6) is 0 Å². The summed E-state index contributed by atoms with van der Waals surface area (Å²) in [5.41, 5.74) is 2.64. The number of hydrogen-bond acceptors (Lipinski definition) is 5. The van der Waals surface area contributed by atoms with Crippen LogP contribution in [0.3, 0.4) is 0 Å². The average molecular weight is 343 g/mol. The number of carbonyl (C=O) groups is 1. The number of carboxylic acids is 1. The molecule has 1 N–H and O–H groups in total. The number of hydrogen-bond donors (Lipinski definition) is 1. The molecule has 2 heterocycles. The second kappa shape index (κ2) is 7.32. The highest BCUT2D eigenvalue weighted by atomic mass is 32.2. The van der Waals surface area contributed by atoms with E-state index in [2.05, 4.69) is 33.9 Å². The van der Waals surface area contributed by atoms with Gasteiger partial charge in [0.15, 0.2) is 5.16 Å². The van der Waals surface area contributed by atoms with Gasteiger partial charge in [0.1, 0.15) is 5.56 Å². The van der Waals surface area contributed by atoms with Gasteiger partial charge in [-0.2, -0.15) is 0 Å². The van der Waals surface area contributed by atoms with E-state index in [0.29, 0.717) is 16.9 Å². The van der Waals surface area contributed by atoms with Crippen molar-refractivity contribution in [1.82, 2.24) is 14.9 Å². The Morgan fingerprint density at radius 3 is 2.75 bits per heavy atom. The molecule has 2 aromatic rings. The molecule has 1 aromatic carbocycles. The lowest BCUT2D eigenvalue weighted by atomic mass is 10.0. The van der Waals surface area contributed by atoms with E-state index in [1.807, 2.05) is 18.4 Å². The zero-order valence-corrected chi connectivity index (χ0v) is 14.7. The van der Waals surface area contributed by atoms with Crippen LogP contribution < -0.4 is 0 Å². The third kappa shape index (κ3) is 3.44. The van der Waals surface area contributed by atoms with Crippen molar-refractivity contribution in [2.24, 2.45) is 0 Å². The smallest absolute Gasteiger partial charge is 0.339 e. The number of nitrogens with zero attached hydrogens (tertiary/aromatic N) is 3. The summed E-state index contributed by atoms with van der Waals surface area (Å²) in [5, 5.41) is 10.0. The number of carboxylic acid groups (broad SMARTS) is 1. The lowest BCUT2D eigenvalue weighted by Gasteiger charge is -2.24. The molecular weight excluding hydrogens is 322 g/mol. The molecule has 24 heavy (non-hydrogen) atoms. The lowest BCUT2D eigenvalue weighted by Crippen LogP contribution is -2.23. The number of likely N-dealkylation sites (tertiary alicyclic amines) is 1. The van der Waals surface area contributed by atoms with E-state index in [1.165, 1.54) is 36.4 Å². The first-order valence-corrected chi connectivity index (χ1v) is 9.31. The van der Waals surface area contributed by atoms with Crippen LogP contribution in [0.25, 0.3) is 11.3 Å². The average Bonchev–Trinajstić information content (AvgIpc) is 3.15. The third-order valence-electron chi connectivity index (χ3n) is 4.51. The van der Waals surface area contributed by atoms with Gasteiger partial charge in [-0.3, -0.25) is 4.90 Å². The van der Waals surface area contributed by atoms with Crippen molar-refractivity contribution in [1.29, 1.82) is 0 Å². The van der Waals surface area contributed by atoms with E-state index in [4.69, 9.17) is 0 Å². The fourth-order valence-corrected chi connectivity index (χ4v) is 3.47. The van der Waals surface area contributed by atoms with Gasteiger partial charge in [-0.25, -0.2) is 14.8 Å². The van der Waals surface area contributed by atoms with Gasteiger partial charge in [0.05, 0.1) is 5.69 Å². The second-order valence-corrected chi connectivity index (χ2v) is 6.74. The third-order valence-corrected chi connectivity index (χ3v) is 5.07. The SMILES string of the molecule is CSc1ncc(C(=O)O)c(-c2cccc(C(C)N3CCCC3)c2)n1. The minimum Gasteiger partial charge on any atom is -0.478 e. The Hall–Kier alpha value is -1.92. The minimum absolute atomic E-state index is 0.138. The van der Waals surface area contributed by atoms with Crippen molar-refractivity contribution in [3.8, 4) is 11.3 Å². The van der Waals surface area contributed by atoms with Gasteiger partial charge < -0.3 is 5.11 Å². The van der Waals surface area contributed by atoms with E-state index < -0.39 is 5.97 Å². The quantitative estimate of drug-likeness (QED) is 0.659. The molecule has 0 aliphatic carbocycles. The summed E-state index contributed by atoms with van der Waals surface area (Å²) >= 11 is 1.41. The number of rotatable bonds is 5. The summed E-state index contributed by atoms with van der Waals surface area (Å²) in [4.78, 5) is 22.5. The van der Waals surface area contributed by atoms with Gasteiger partial charge in [-0.1, -0.05) is 30.0 Å². The van der Waals surface area contributed by atoms with Gasteiger partial charge in [0.2, 0.25) is 0 Å². The fraction of sp³-hybridized carbons (Fsp3) is 0.389. The maximum atomic E-state index is 11.5. The van der Waals surface area contributed by atoms with Crippen molar-refractivity contribution in [2.45, 2.75) is 31.0 Å². The maximum Gasteiger partial charge on any atom is 0.339 e. The molecule has 5 nitrogen and oxygen atoms in total.